The van der Waals surface area contributed by atoms with Gasteiger partial charge in [-0.25, -0.2) is 0 Å². The smallest absolute Gasteiger partial charge is 0.0541 e. The molecular weight excluding hydrogens is 567 g/mol. The topological polar surface area (TPSA) is 4.93 Å². The van der Waals surface area contributed by atoms with E-state index in [1.807, 2.05) is 0 Å². The summed E-state index contributed by atoms with van der Waals surface area (Å²) in [4.78, 5) is 0. The summed E-state index contributed by atoms with van der Waals surface area (Å²) in [6.07, 6.45) is 0. The van der Waals surface area contributed by atoms with E-state index < -0.39 is 0 Å². The fourth-order valence-electron chi connectivity index (χ4n) is 7.44. The summed E-state index contributed by atoms with van der Waals surface area (Å²) in [5.41, 5.74) is 13.1. The van der Waals surface area contributed by atoms with Crippen molar-refractivity contribution in [3.05, 3.63) is 192 Å². The zero-order valence-corrected chi connectivity index (χ0v) is 27.2. The summed E-state index contributed by atoms with van der Waals surface area (Å²) in [7, 11) is 0. The number of fused-ring (bicyclic) bond motifs is 4. The van der Waals surface area contributed by atoms with Crippen LogP contribution in [0.2, 0.25) is 0 Å². The van der Waals surface area contributed by atoms with Gasteiger partial charge in [-0.3, -0.25) is 0 Å². The van der Waals surface area contributed by atoms with Crippen LogP contribution < -0.4 is 0 Å². The Balaban J connectivity index is 1.22. The maximum atomic E-state index is 4.70. The van der Waals surface area contributed by atoms with Crippen LogP contribution in [0.5, 0.6) is 0 Å². The predicted molar refractivity (Wildman–Crippen MR) is 202 cm³/mol. The van der Waals surface area contributed by atoms with E-state index >= 15 is 0 Å². The lowest BCUT2D eigenvalue weighted by Crippen LogP contribution is -2.20. The van der Waals surface area contributed by atoms with E-state index in [0.717, 1.165) is 16.7 Å². The zero-order valence-electron chi connectivity index (χ0n) is 27.2. The molecule has 1 nitrogen and oxygen atoms in total. The third-order valence-electron chi connectivity index (χ3n) is 10.00. The molecule has 1 heteroatoms. The second kappa shape index (κ2) is 11.3. The first kappa shape index (κ1) is 28.8. The highest BCUT2D eigenvalue weighted by Gasteiger charge is 2.26. The van der Waals surface area contributed by atoms with Gasteiger partial charge in [0.1, 0.15) is 0 Å². The molecule has 1 aromatic heterocycles. The molecule has 8 rings (SSSR count). The van der Waals surface area contributed by atoms with Crippen molar-refractivity contribution >= 4 is 38.2 Å². The second-order valence-electron chi connectivity index (χ2n) is 13.1. The standard InChI is InChI=1S/C46H37N/c1-31-25-26-35(33-15-6-5-7-16-33)30-42(31)46(3,4)36-18-14-17-34(29-36)32(2)37-27-28-45(39-20-9-8-19-38(37)39)47-43-23-12-10-21-40(43)41-22-11-13-24-44(41)47/h5-30H,2H2,1,3-4H3. The Morgan fingerprint density at radius 3 is 1.85 bits per heavy atom. The van der Waals surface area contributed by atoms with Gasteiger partial charge in [-0.2, -0.15) is 0 Å². The third-order valence-corrected chi connectivity index (χ3v) is 10.00. The van der Waals surface area contributed by atoms with Crippen LogP contribution in [0.1, 0.15) is 41.7 Å². The largest absolute Gasteiger partial charge is 0.309 e. The fraction of sp³-hybridized carbons (Fsp3) is 0.0870. The van der Waals surface area contributed by atoms with Gasteiger partial charge in [0.05, 0.1) is 16.7 Å². The molecule has 226 valence electrons. The van der Waals surface area contributed by atoms with Crippen LogP contribution in [-0.4, -0.2) is 4.57 Å². The predicted octanol–water partition coefficient (Wildman–Crippen LogP) is 12.3. The monoisotopic (exact) mass is 603 g/mol. The van der Waals surface area contributed by atoms with Crippen LogP contribution in [0.15, 0.2) is 164 Å². The van der Waals surface area contributed by atoms with Crippen LogP contribution in [-0.2, 0) is 5.41 Å². The van der Waals surface area contributed by atoms with Gasteiger partial charge in [-0.1, -0.05) is 160 Å². The van der Waals surface area contributed by atoms with Gasteiger partial charge in [0.2, 0.25) is 0 Å². The Morgan fingerprint density at radius 1 is 0.532 bits per heavy atom. The average molecular weight is 604 g/mol. The molecule has 1 heterocycles. The maximum Gasteiger partial charge on any atom is 0.0541 e. The third kappa shape index (κ3) is 4.78. The van der Waals surface area contributed by atoms with E-state index in [9.17, 15) is 0 Å². The molecule has 0 spiro atoms. The Bertz CT molecular complexity index is 2400. The van der Waals surface area contributed by atoms with Crippen LogP contribution >= 0.6 is 0 Å². The molecule has 0 N–H and O–H groups in total. The van der Waals surface area contributed by atoms with E-state index in [-0.39, 0.29) is 5.41 Å². The van der Waals surface area contributed by atoms with E-state index in [0.29, 0.717) is 0 Å². The Morgan fingerprint density at radius 2 is 1.15 bits per heavy atom. The summed E-state index contributed by atoms with van der Waals surface area (Å²) >= 11 is 0. The number of aryl methyl sites for hydroxylation is 1. The van der Waals surface area contributed by atoms with Crippen molar-refractivity contribution in [3.63, 3.8) is 0 Å². The van der Waals surface area contributed by atoms with Gasteiger partial charge >= 0.3 is 0 Å². The van der Waals surface area contributed by atoms with Gasteiger partial charge in [0.25, 0.3) is 0 Å². The van der Waals surface area contributed by atoms with Crippen molar-refractivity contribution in [2.45, 2.75) is 26.2 Å². The molecule has 47 heavy (non-hydrogen) atoms. The molecule has 0 amide bonds. The maximum absolute atomic E-state index is 4.70. The lowest BCUT2D eigenvalue weighted by molar-refractivity contribution is 0.636. The van der Waals surface area contributed by atoms with Crippen molar-refractivity contribution in [2.24, 2.45) is 0 Å². The molecule has 0 saturated carbocycles. The molecule has 0 atom stereocenters. The molecule has 0 fully saturated rings. The highest BCUT2D eigenvalue weighted by Crippen LogP contribution is 2.40. The minimum Gasteiger partial charge on any atom is -0.309 e. The van der Waals surface area contributed by atoms with Gasteiger partial charge < -0.3 is 4.57 Å². The molecule has 0 aliphatic heterocycles. The number of para-hydroxylation sites is 2. The summed E-state index contributed by atoms with van der Waals surface area (Å²) < 4.78 is 2.41. The number of hydrogen-bond donors (Lipinski definition) is 0. The number of aromatic nitrogens is 1. The Hall–Kier alpha value is -5.66. The minimum absolute atomic E-state index is 0.201. The normalized spacial score (nSPS) is 11.8. The van der Waals surface area contributed by atoms with E-state index in [2.05, 4.69) is 183 Å². The number of hydrogen-bond acceptors (Lipinski definition) is 0. The summed E-state index contributed by atoms with van der Waals surface area (Å²) in [5.74, 6) is 0. The zero-order chi connectivity index (χ0) is 32.1. The quantitative estimate of drug-likeness (QED) is 0.178. The molecule has 0 aliphatic rings. The highest BCUT2D eigenvalue weighted by molar-refractivity contribution is 6.11. The summed E-state index contributed by atoms with van der Waals surface area (Å²) in [6, 6.07) is 57.2. The van der Waals surface area contributed by atoms with Crippen molar-refractivity contribution < 1.29 is 0 Å². The molecule has 7 aromatic carbocycles. The molecular formula is C46H37N. The first-order chi connectivity index (χ1) is 22.9. The highest BCUT2D eigenvalue weighted by atomic mass is 15.0. The Labute approximate surface area is 277 Å². The van der Waals surface area contributed by atoms with Gasteiger partial charge in [-0.15, -0.1) is 0 Å². The molecule has 8 aromatic rings. The van der Waals surface area contributed by atoms with Gasteiger partial charge in [0, 0.05) is 21.6 Å². The lowest BCUT2D eigenvalue weighted by atomic mass is 9.74. The SMILES string of the molecule is C=C(c1cccc(C(C)(C)c2cc(-c3ccccc3)ccc2C)c1)c1ccc(-n2c3ccccc3c3ccccc32)c2ccccc12. The molecule has 0 bridgehead atoms. The van der Waals surface area contributed by atoms with E-state index in [4.69, 9.17) is 6.58 Å². The number of nitrogens with zero attached hydrogens (tertiary/aromatic N) is 1. The van der Waals surface area contributed by atoms with Crippen LogP contribution in [0, 0.1) is 6.92 Å². The lowest BCUT2D eigenvalue weighted by Gasteiger charge is -2.29. The first-order valence-corrected chi connectivity index (χ1v) is 16.4. The molecule has 0 aliphatic carbocycles. The summed E-state index contributed by atoms with van der Waals surface area (Å²) in [5, 5.41) is 4.95. The number of benzene rings is 7. The van der Waals surface area contributed by atoms with Crippen LogP contribution in [0.4, 0.5) is 0 Å². The molecule has 0 unspecified atom stereocenters. The minimum atomic E-state index is -0.201. The van der Waals surface area contributed by atoms with Crippen LogP contribution in [0.25, 0.3) is 55.0 Å². The van der Waals surface area contributed by atoms with Crippen molar-refractivity contribution in [1.29, 1.82) is 0 Å². The van der Waals surface area contributed by atoms with Crippen molar-refractivity contribution in [2.75, 3.05) is 0 Å². The molecule has 0 saturated heterocycles. The summed E-state index contributed by atoms with van der Waals surface area (Å²) in [6.45, 7) is 11.6. The second-order valence-corrected chi connectivity index (χ2v) is 13.1. The van der Waals surface area contributed by atoms with E-state index in [1.165, 1.54) is 66.1 Å². The average Bonchev–Trinajstić information content (AvgIpc) is 3.45. The molecule has 0 radical (unpaired) electrons. The van der Waals surface area contributed by atoms with Crippen molar-refractivity contribution in [1.82, 2.24) is 4.57 Å². The van der Waals surface area contributed by atoms with Gasteiger partial charge in [-0.05, 0) is 75.0 Å². The Kier molecular flexibility index (Phi) is 6.92. The van der Waals surface area contributed by atoms with Crippen LogP contribution in [0.3, 0.4) is 0 Å². The van der Waals surface area contributed by atoms with Crippen molar-refractivity contribution in [3.8, 4) is 16.8 Å². The van der Waals surface area contributed by atoms with E-state index in [1.54, 1.807) is 0 Å². The fourth-order valence-corrected chi connectivity index (χ4v) is 7.44. The first-order valence-electron chi connectivity index (χ1n) is 16.4. The van der Waals surface area contributed by atoms with Gasteiger partial charge in [0.15, 0.2) is 0 Å². The number of rotatable bonds is 6.